The molecule has 134 valence electrons. The molecule has 0 radical (unpaired) electrons. The third-order valence-corrected chi connectivity index (χ3v) is 5.92. The van der Waals surface area contributed by atoms with Gasteiger partial charge in [0.05, 0.1) is 12.0 Å². The summed E-state index contributed by atoms with van der Waals surface area (Å²) in [4.78, 5) is 12.4. The van der Waals surface area contributed by atoms with Crippen molar-refractivity contribution >= 4 is 21.6 Å². The van der Waals surface area contributed by atoms with Gasteiger partial charge in [-0.25, -0.2) is 8.42 Å². The van der Waals surface area contributed by atoms with Crippen molar-refractivity contribution in [1.29, 1.82) is 0 Å². The van der Waals surface area contributed by atoms with E-state index in [0.717, 1.165) is 0 Å². The summed E-state index contributed by atoms with van der Waals surface area (Å²) in [6, 6.07) is 12.7. The SMILES string of the molecule is COc1ccc(NC(=O)c2ccc(S(=O)(=O)N(C)C(C)C)cc2)cc1. The first kappa shape index (κ1) is 19.0. The average Bonchev–Trinajstić information content (AvgIpc) is 2.61. The summed E-state index contributed by atoms with van der Waals surface area (Å²) in [5.41, 5.74) is 1.00. The molecule has 2 aromatic rings. The summed E-state index contributed by atoms with van der Waals surface area (Å²) in [5.74, 6) is 0.383. The molecule has 0 aliphatic carbocycles. The van der Waals surface area contributed by atoms with Gasteiger partial charge in [-0.3, -0.25) is 4.79 Å². The molecule has 0 aliphatic rings. The monoisotopic (exact) mass is 362 g/mol. The number of amides is 1. The number of ether oxygens (including phenoxy) is 1. The lowest BCUT2D eigenvalue weighted by atomic mass is 10.2. The summed E-state index contributed by atoms with van der Waals surface area (Å²) in [6.45, 7) is 3.60. The van der Waals surface area contributed by atoms with Gasteiger partial charge in [0.25, 0.3) is 5.91 Å². The zero-order valence-electron chi connectivity index (χ0n) is 14.7. The molecule has 0 atom stereocenters. The summed E-state index contributed by atoms with van der Waals surface area (Å²) < 4.78 is 31.2. The van der Waals surface area contributed by atoms with Gasteiger partial charge in [0.1, 0.15) is 5.75 Å². The number of benzene rings is 2. The maximum absolute atomic E-state index is 12.4. The molecule has 25 heavy (non-hydrogen) atoms. The molecular weight excluding hydrogens is 340 g/mol. The first-order valence-electron chi connectivity index (χ1n) is 7.79. The van der Waals surface area contributed by atoms with E-state index in [-0.39, 0.29) is 16.8 Å². The second kappa shape index (κ2) is 7.67. The van der Waals surface area contributed by atoms with E-state index in [2.05, 4.69) is 5.32 Å². The molecule has 0 bridgehead atoms. The van der Waals surface area contributed by atoms with Crippen molar-refractivity contribution in [3.63, 3.8) is 0 Å². The minimum Gasteiger partial charge on any atom is -0.497 e. The van der Waals surface area contributed by atoms with E-state index in [4.69, 9.17) is 4.74 Å². The fourth-order valence-electron chi connectivity index (χ4n) is 2.10. The largest absolute Gasteiger partial charge is 0.497 e. The zero-order valence-corrected chi connectivity index (χ0v) is 15.5. The van der Waals surface area contributed by atoms with Crippen LogP contribution in [0.5, 0.6) is 5.75 Å². The topological polar surface area (TPSA) is 75.7 Å². The van der Waals surface area contributed by atoms with Crippen molar-refractivity contribution in [3.8, 4) is 5.75 Å². The predicted octanol–water partition coefficient (Wildman–Crippen LogP) is 2.98. The molecule has 7 heteroatoms. The van der Waals surface area contributed by atoms with Gasteiger partial charge in [-0.1, -0.05) is 0 Å². The highest BCUT2D eigenvalue weighted by Crippen LogP contribution is 2.19. The van der Waals surface area contributed by atoms with Gasteiger partial charge < -0.3 is 10.1 Å². The van der Waals surface area contributed by atoms with Crippen LogP contribution in [0.3, 0.4) is 0 Å². The smallest absolute Gasteiger partial charge is 0.255 e. The molecule has 0 heterocycles. The minimum absolute atomic E-state index is 0.150. The van der Waals surface area contributed by atoms with E-state index >= 15 is 0 Å². The number of nitrogens with zero attached hydrogens (tertiary/aromatic N) is 1. The Hall–Kier alpha value is -2.38. The average molecular weight is 362 g/mol. The lowest BCUT2D eigenvalue weighted by molar-refractivity contribution is 0.102. The summed E-state index contributed by atoms with van der Waals surface area (Å²) in [5, 5.41) is 2.75. The number of anilines is 1. The highest BCUT2D eigenvalue weighted by atomic mass is 32.2. The Bertz CT molecular complexity index is 828. The Kier molecular flexibility index (Phi) is 5.81. The highest BCUT2D eigenvalue weighted by molar-refractivity contribution is 7.89. The lowest BCUT2D eigenvalue weighted by Gasteiger charge is -2.21. The van der Waals surface area contributed by atoms with Gasteiger partial charge in [-0.15, -0.1) is 0 Å². The van der Waals surface area contributed by atoms with E-state index in [1.54, 1.807) is 45.2 Å². The van der Waals surface area contributed by atoms with Gasteiger partial charge in [-0.2, -0.15) is 4.31 Å². The molecule has 0 spiro atoms. The van der Waals surface area contributed by atoms with E-state index in [9.17, 15) is 13.2 Å². The molecule has 6 nitrogen and oxygen atoms in total. The second-order valence-electron chi connectivity index (χ2n) is 5.82. The number of carbonyl (C=O) groups excluding carboxylic acids is 1. The van der Waals surface area contributed by atoms with E-state index in [1.165, 1.54) is 35.6 Å². The van der Waals surface area contributed by atoms with Crippen LogP contribution in [0.4, 0.5) is 5.69 Å². The number of sulfonamides is 1. The molecule has 0 fully saturated rings. The number of nitrogens with one attached hydrogen (secondary N) is 1. The Labute approximate surface area is 148 Å². The minimum atomic E-state index is -3.56. The first-order valence-corrected chi connectivity index (χ1v) is 9.23. The molecule has 0 aromatic heterocycles. The lowest BCUT2D eigenvalue weighted by Crippen LogP contribution is -2.33. The van der Waals surface area contributed by atoms with Gasteiger partial charge >= 0.3 is 0 Å². The Morgan fingerprint density at radius 3 is 2.08 bits per heavy atom. The molecule has 0 saturated heterocycles. The van der Waals surface area contributed by atoms with Crippen LogP contribution in [0.2, 0.25) is 0 Å². The fourth-order valence-corrected chi connectivity index (χ4v) is 3.47. The van der Waals surface area contributed by atoms with Gasteiger partial charge in [0, 0.05) is 24.3 Å². The molecule has 0 saturated carbocycles. The van der Waals surface area contributed by atoms with Crippen LogP contribution < -0.4 is 10.1 Å². The third-order valence-electron chi connectivity index (χ3n) is 3.87. The van der Waals surface area contributed by atoms with Crippen LogP contribution in [0.1, 0.15) is 24.2 Å². The molecule has 1 amide bonds. The molecule has 2 rings (SSSR count). The number of hydrogen-bond donors (Lipinski definition) is 1. The summed E-state index contributed by atoms with van der Waals surface area (Å²) >= 11 is 0. The van der Waals surface area contributed by atoms with Crippen molar-refractivity contribution in [2.24, 2.45) is 0 Å². The maximum atomic E-state index is 12.4. The van der Waals surface area contributed by atoms with Gasteiger partial charge in [0.15, 0.2) is 0 Å². The van der Waals surface area contributed by atoms with Crippen molar-refractivity contribution in [2.45, 2.75) is 24.8 Å². The van der Waals surface area contributed by atoms with Crippen LogP contribution in [-0.4, -0.2) is 38.8 Å². The van der Waals surface area contributed by atoms with Gasteiger partial charge in [0.2, 0.25) is 10.0 Å². The molecule has 0 aliphatic heterocycles. The first-order chi connectivity index (χ1) is 11.8. The Morgan fingerprint density at radius 2 is 1.60 bits per heavy atom. The fraction of sp³-hybridized carbons (Fsp3) is 0.278. The molecule has 0 unspecified atom stereocenters. The van der Waals surface area contributed by atoms with E-state index < -0.39 is 10.0 Å². The van der Waals surface area contributed by atoms with Crippen LogP contribution >= 0.6 is 0 Å². The second-order valence-corrected chi connectivity index (χ2v) is 7.82. The molecular formula is C18H22N2O4S. The number of carbonyl (C=O) groups is 1. The Morgan fingerprint density at radius 1 is 1.04 bits per heavy atom. The number of methoxy groups -OCH3 is 1. The van der Waals surface area contributed by atoms with Crippen LogP contribution in [-0.2, 0) is 10.0 Å². The molecule has 1 N–H and O–H groups in total. The van der Waals surface area contributed by atoms with Crippen LogP contribution in [0.15, 0.2) is 53.4 Å². The summed E-state index contributed by atoms with van der Waals surface area (Å²) in [6.07, 6.45) is 0. The number of hydrogen-bond acceptors (Lipinski definition) is 4. The van der Waals surface area contributed by atoms with Crippen molar-refractivity contribution in [1.82, 2.24) is 4.31 Å². The van der Waals surface area contributed by atoms with Gasteiger partial charge in [-0.05, 0) is 62.4 Å². The Balaban J connectivity index is 2.14. The predicted molar refractivity (Wildman–Crippen MR) is 97.5 cm³/mol. The third kappa shape index (κ3) is 4.37. The van der Waals surface area contributed by atoms with Crippen molar-refractivity contribution in [2.75, 3.05) is 19.5 Å². The van der Waals surface area contributed by atoms with Crippen LogP contribution in [0, 0.1) is 0 Å². The highest BCUT2D eigenvalue weighted by Gasteiger charge is 2.23. The number of rotatable bonds is 6. The standard InChI is InChI=1S/C18H22N2O4S/c1-13(2)20(3)25(22,23)17-11-5-14(6-12-17)18(21)19-15-7-9-16(24-4)10-8-15/h5-13H,1-4H3,(H,19,21). The zero-order chi connectivity index (χ0) is 18.6. The quantitative estimate of drug-likeness (QED) is 0.857. The maximum Gasteiger partial charge on any atom is 0.255 e. The van der Waals surface area contributed by atoms with E-state index in [0.29, 0.717) is 17.0 Å². The summed E-state index contributed by atoms with van der Waals surface area (Å²) in [7, 11) is -0.458. The molecule has 2 aromatic carbocycles. The van der Waals surface area contributed by atoms with Crippen molar-refractivity contribution < 1.29 is 17.9 Å². The van der Waals surface area contributed by atoms with E-state index in [1.807, 2.05) is 0 Å². The van der Waals surface area contributed by atoms with Crippen molar-refractivity contribution in [3.05, 3.63) is 54.1 Å². The van der Waals surface area contributed by atoms with Crippen LogP contribution in [0.25, 0.3) is 0 Å². The normalized spacial score (nSPS) is 11.6.